The van der Waals surface area contributed by atoms with Gasteiger partial charge in [0.25, 0.3) is 0 Å². The number of fused-ring (bicyclic) bond motifs is 2. The fraction of sp³-hybridized carbons (Fsp3) is 0.520. The van der Waals surface area contributed by atoms with E-state index in [1.54, 1.807) is 6.07 Å². The third-order valence-electron chi connectivity index (χ3n) is 7.15. The molecule has 6 rings (SSSR count). The Morgan fingerprint density at radius 3 is 2.88 bits per heavy atom. The van der Waals surface area contributed by atoms with Gasteiger partial charge in [0.1, 0.15) is 5.82 Å². The van der Waals surface area contributed by atoms with Gasteiger partial charge in [0, 0.05) is 63.0 Å². The molecule has 0 spiro atoms. The predicted octanol–water partition coefficient (Wildman–Crippen LogP) is 3.59. The molecular formula is C25H30FN5O2. The second-order valence-corrected chi connectivity index (χ2v) is 9.66. The first kappa shape index (κ1) is 20.9. The summed E-state index contributed by atoms with van der Waals surface area (Å²) in [5.41, 5.74) is 1.84. The SMILES string of the molecule is Fc1ccc2onc(N3CCN4C[C@H](COc5ccc(CNC6CC6)cn5)CC[C@@H]4C3)c2c1. The number of piperazine rings is 1. The molecule has 0 bridgehead atoms. The minimum atomic E-state index is -0.259. The lowest BCUT2D eigenvalue weighted by Gasteiger charge is -2.46. The monoisotopic (exact) mass is 451 g/mol. The molecule has 1 aliphatic carbocycles. The van der Waals surface area contributed by atoms with Crippen LogP contribution in [0.3, 0.4) is 0 Å². The smallest absolute Gasteiger partial charge is 0.213 e. The molecule has 3 fully saturated rings. The molecule has 0 amide bonds. The fourth-order valence-corrected chi connectivity index (χ4v) is 5.07. The third-order valence-corrected chi connectivity index (χ3v) is 7.15. The molecule has 174 valence electrons. The van der Waals surface area contributed by atoms with Crippen LogP contribution < -0.4 is 15.0 Å². The Morgan fingerprint density at radius 2 is 2.03 bits per heavy atom. The Bertz CT molecular complexity index is 1100. The van der Waals surface area contributed by atoms with Crippen LogP contribution in [0.5, 0.6) is 5.88 Å². The molecule has 1 saturated carbocycles. The van der Waals surface area contributed by atoms with E-state index in [0.29, 0.717) is 36.1 Å². The Labute approximate surface area is 192 Å². The number of aromatic nitrogens is 2. The number of piperidine rings is 1. The molecule has 33 heavy (non-hydrogen) atoms. The summed E-state index contributed by atoms with van der Waals surface area (Å²) in [7, 11) is 0. The summed E-state index contributed by atoms with van der Waals surface area (Å²) in [6, 6.07) is 9.85. The van der Waals surface area contributed by atoms with Gasteiger partial charge in [0.2, 0.25) is 5.88 Å². The first-order valence-electron chi connectivity index (χ1n) is 12.1. The van der Waals surface area contributed by atoms with Crippen molar-refractivity contribution in [3.63, 3.8) is 0 Å². The van der Waals surface area contributed by atoms with E-state index in [2.05, 4.69) is 31.3 Å². The van der Waals surface area contributed by atoms with Crippen LogP contribution >= 0.6 is 0 Å². The number of hydrogen-bond acceptors (Lipinski definition) is 7. The number of hydrogen-bond donors (Lipinski definition) is 1. The van der Waals surface area contributed by atoms with E-state index < -0.39 is 0 Å². The molecule has 4 heterocycles. The minimum Gasteiger partial charge on any atom is -0.477 e. The molecule has 1 N–H and O–H groups in total. The summed E-state index contributed by atoms with van der Waals surface area (Å²) >= 11 is 0. The van der Waals surface area contributed by atoms with Crippen molar-refractivity contribution in [3.05, 3.63) is 47.9 Å². The normalized spacial score (nSPS) is 23.6. The van der Waals surface area contributed by atoms with Gasteiger partial charge < -0.3 is 19.5 Å². The molecule has 2 aliphatic heterocycles. The van der Waals surface area contributed by atoms with Gasteiger partial charge in [-0.3, -0.25) is 4.90 Å². The van der Waals surface area contributed by atoms with Crippen molar-refractivity contribution in [2.45, 2.75) is 44.3 Å². The van der Waals surface area contributed by atoms with Gasteiger partial charge in [0.05, 0.1) is 12.0 Å². The van der Waals surface area contributed by atoms with Crippen molar-refractivity contribution in [3.8, 4) is 5.88 Å². The Morgan fingerprint density at radius 1 is 1.09 bits per heavy atom. The van der Waals surface area contributed by atoms with Crippen molar-refractivity contribution < 1.29 is 13.7 Å². The third kappa shape index (κ3) is 4.68. The number of halogens is 1. The largest absolute Gasteiger partial charge is 0.477 e. The predicted molar refractivity (Wildman–Crippen MR) is 124 cm³/mol. The zero-order chi connectivity index (χ0) is 22.2. The number of rotatable bonds is 7. The molecule has 2 saturated heterocycles. The van der Waals surface area contributed by atoms with Crippen LogP contribution in [-0.2, 0) is 6.54 Å². The maximum atomic E-state index is 13.7. The van der Waals surface area contributed by atoms with Gasteiger partial charge in [-0.05, 0) is 49.4 Å². The van der Waals surface area contributed by atoms with Crippen molar-refractivity contribution in [2.75, 3.05) is 37.7 Å². The lowest BCUT2D eigenvalue weighted by Crippen LogP contribution is -2.57. The van der Waals surface area contributed by atoms with Gasteiger partial charge in [0.15, 0.2) is 11.4 Å². The van der Waals surface area contributed by atoms with E-state index in [1.807, 2.05) is 12.3 Å². The second-order valence-electron chi connectivity index (χ2n) is 9.66. The van der Waals surface area contributed by atoms with Gasteiger partial charge in [-0.15, -0.1) is 0 Å². The lowest BCUT2D eigenvalue weighted by atomic mass is 9.91. The minimum absolute atomic E-state index is 0.259. The van der Waals surface area contributed by atoms with Crippen LogP contribution in [0.4, 0.5) is 10.2 Å². The zero-order valence-electron chi connectivity index (χ0n) is 18.8. The summed E-state index contributed by atoms with van der Waals surface area (Å²) < 4.78 is 25.2. The molecule has 7 nitrogen and oxygen atoms in total. The molecule has 0 unspecified atom stereocenters. The molecule has 2 aromatic heterocycles. The number of nitrogens with one attached hydrogen (secondary N) is 1. The van der Waals surface area contributed by atoms with E-state index in [9.17, 15) is 4.39 Å². The highest BCUT2D eigenvalue weighted by molar-refractivity contribution is 5.88. The van der Waals surface area contributed by atoms with Crippen LogP contribution in [0, 0.1) is 11.7 Å². The summed E-state index contributed by atoms with van der Waals surface area (Å²) in [4.78, 5) is 9.30. The molecule has 3 aromatic rings. The highest BCUT2D eigenvalue weighted by atomic mass is 19.1. The van der Waals surface area contributed by atoms with Crippen molar-refractivity contribution in [1.29, 1.82) is 0 Å². The second kappa shape index (κ2) is 8.91. The van der Waals surface area contributed by atoms with Crippen molar-refractivity contribution in [1.82, 2.24) is 20.4 Å². The quantitative estimate of drug-likeness (QED) is 0.589. The average Bonchev–Trinajstić information content (AvgIpc) is 3.59. The van der Waals surface area contributed by atoms with E-state index in [4.69, 9.17) is 9.26 Å². The van der Waals surface area contributed by atoms with E-state index in [1.165, 1.54) is 30.5 Å². The summed E-state index contributed by atoms with van der Waals surface area (Å²) in [5, 5.41) is 8.51. The van der Waals surface area contributed by atoms with Crippen LogP contribution in [0.25, 0.3) is 11.0 Å². The summed E-state index contributed by atoms with van der Waals surface area (Å²) in [5.74, 6) is 1.72. The van der Waals surface area contributed by atoms with E-state index in [-0.39, 0.29) is 5.82 Å². The topological polar surface area (TPSA) is 66.7 Å². The molecule has 0 radical (unpaired) electrons. The zero-order valence-corrected chi connectivity index (χ0v) is 18.8. The first-order valence-corrected chi connectivity index (χ1v) is 12.1. The molecule has 8 heteroatoms. The molecular weight excluding hydrogens is 421 g/mol. The van der Waals surface area contributed by atoms with Crippen molar-refractivity contribution in [2.24, 2.45) is 5.92 Å². The average molecular weight is 452 g/mol. The molecule has 2 atom stereocenters. The van der Waals surface area contributed by atoms with Crippen LogP contribution in [0.1, 0.15) is 31.2 Å². The standard InChI is InChI=1S/C25H30FN5O2/c26-19-3-7-23-22(11-19)25(29-33-23)31-10-9-30-14-18(1-6-21(30)15-31)16-32-24-8-2-17(13-28-24)12-27-20-4-5-20/h2-3,7-8,11,13,18,20-21,27H,1,4-6,9-10,12,14-16H2/t18-,21-/m1/s1. The Kier molecular flexibility index (Phi) is 5.63. The molecule has 3 aliphatic rings. The number of ether oxygens (including phenoxy) is 1. The number of anilines is 1. The van der Waals surface area contributed by atoms with Crippen LogP contribution in [0.15, 0.2) is 41.1 Å². The lowest BCUT2D eigenvalue weighted by molar-refractivity contribution is 0.0717. The van der Waals surface area contributed by atoms with Gasteiger partial charge in [-0.25, -0.2) is 9.37 Å². The maximum Gasteiger partial charge on any atom is 0.213 e. The maximum absolute atomic E-state index is 13.7. The van der Waals surface area contributed by atoms with E-state index in [0.717, 1.165) is 56.8 Å². The van der Waals surface area contributed by atoms with E-state index >= 15 is 0 Å². The molecule has 1 aromatic carbocycles. The number of benzene rings is 1. The highest BCUT2D eigenvalue weighted by Gasteiger charge is 2.34. The Hall–Kier alpha value is -2.71. The van der Waals surface area contributed by atoms with Gasteiger partial charge in [-0.2, -0.15) is 0 Å². The van der Waals surface area contributed by atoms with Crippen molar-refractivity contribution >= 4 is 16.8 Å². The van der Waals surface area contributed by atoms with Gasteiger partial charge >= 0.3 is 0 Å². The summed E-state index contributed by atoms with van der Waals surface area (Å²) in [6.07, 6.45) is 6.76. The van der Waals surface area contributed by atoms with Gasteiger partial charge in [-0.1, -0.05) is 11.2 Å². The van der Waals surface area contributed by atoms with Crippen LogP contribution in [-0.4, -0.2) is 59.9 Å². The first-order chi connectivity index (χ1) is 16.2. The van der Waals surface area contributed by atoms with Crippen LogP contribution in [0.2, 0.25) is 0 Å². The summed E-state index contributed by atoms with van der Waals surface area (Å²) in [6.45, 7) is 5.34. The Balaban J connectivity index is 1.01. The number of nitrogens with zero attached hydrogens (tertiary/aromatic N) is 4. The highest BCUT2D eigenvalue weighted by Crippen LogP contribution is 2.31. The fourth-order valence-electron chi connectivity index (χ4n) is 5.07. The number of pyridine rings is 1.